The minimum Gasteiger partial charge on any atom is -0.491 e. The van der Waals surface area contributed by atoms with Gasteiger partial charge in [0.2, 0.25) is 0 Å². The van der Waals surface area contributed by atoms with Crippen molar-refractivity contribution < 1.29 is 9.47 Å². The van der Waals surface area contributed by atoms with Crippen LogP contribution in [0.1, 0.15) is 33.1 Å². The number of halogens is 1. The van der Waals surface area contributed by atoms with Crippen LogP contribution in [0.25, 0.3) is 0 Å². The van der Waals surface area contributed by atoms with Crippen LogP contribution in [0.3, 0.4) is 0 Å². The number of hydrogen-bond donors (Lipinski definition) is 2. The Bertz CT molecular complexity index is 542. The lowest BCUT2D eigenvalue weighted by Crippen LogP contribution is -2.31. The van der Waals surface area contributed by atoms with Crippen LogP contribution in [-0.4, -0.2) is 38.4 Å². The van der Waals surface area contributed by atoms with Gasteiger partial charge in [-0.3, -0.25) is 4.99 Å². The number of guanidine groups is 1. The normalized spacial score (nSPS) is 13.9. The van der Waals surface area contributed by atoms with Gasteiger partial charge >= 0.3 is 0 Å². The SMILES string of the molecule is C=CCNC(=NCCCOCC1CC1)Nc1ccc(OC(C)C)cc1.I. The third-order valence-corrected chi connectivity index (χ3v) is 3.67. The predicted molar refractivity (Wildman–Crippen MR) is 120 cm³/mol. The van der Waals surface area contributed by atoms with Gasteiger partial charge < -0.3 is 20.1 Å². The lowest BCUT2D eigenvalue weighted by atomic mass is 10.3. The van der Waals surface area contributed by atoms with Crippen LogP contribution >= 0.6 is 24.0 Å². The number of rotatable bonds is 11. The topological polar surface area (TPSA) is 54.9 Å². The second-order valence-corrected chi connectivity index (χ2v) is 6.59. The smallest absolute Gasteiger partial charge is 0.196 e. The fraction of sp³-hybridized carbons (Fsp3) is 0.550. The number of hydrogen-bond acceptors (Lipinski definition) is 3. The van der Waals surface area contributed by atoms with E-state index in [2.05, 4.69) is 22.2 Å². The minimum absolute atomic E-state index is 0. The number of nitrogens with one attached hydrogen (secondary N) is 2. The molecule has 1 aliphatic carbocycles. The summed E-state index contributed by atoms with van der Waals surface area (Å²) in [7, 11) is 0. The molecule has 1 aromatic rings. The van der Waals surface area contributed by atoms with E-state index in [-0.39, 0.29) is 30.1 Å². The van der Waals surface area contributed by atoms with Crippen molar-refractivity contribution in [1.29, 1.82) is 0 Å². The highest BCUT2D eigenvalue weighted by Gasteiger charge is 2.20. The van der Waals surface area contributed by atoms with Gasteiger partial charge in [-0.05, 0) is 63.3 Å². The number of ether oxygens (including phenoxy) is 2. The highest BCUT2D eigenvalue weighted by molar-refractivity contribution is 14.0. The van der Waals surface area contributed by atoms with Crippen LogP contribution in [0, 0.1) is 5.92 Å². The molecule has 2 N–H and O–H groups in total. The summed E-state index contributed by atoms with van der Waals surface area (Å²) in [4.78, 5) is 4.60. The molecule has 0 amide bonds. The first-order valence-corrected chi connectivity index (χ1v) is 9.18. The molecule has 2 rings (SSSR count). The molecule has 1 fully saturated rings. The monoisotopic (exact) mass is 473 g/mol. The van der Waals surface area contributed by atoms with Gasteiger partial charge in [0, 0.05) is 32.0 Å². The molecule has 6 heteroatoms. The first-order valence-electron chi connectivity index (χ1n) is 9.18. The molecule has 0 atom stereocenters. The first kappa shape index (κ1) is 22.8. The zero-order chi connectivity index (χ0) is 17.9. The molecular formula is C20H32IN3O2. The van der Waals surface area contributed by atoms with Gasteiger partial charge in [-0.1, -0.05) is 6.08 Å². The van der Waals surface area contributed by atoms with Crippen molar-refractivity contribution in [3.63, 3.8) is 0 Å². The second kappa shape index (κ2) is 13.0. The van der Waals surface area contributed by atoms with Crippen LogP contribution < -0.4 is 15.4 Å². The lowest BCUT2D eigenvalue weighted by Gasteiger charge is -2.13. The summed E-state index contributed by atoms with van der Waals surface area (Å²) in [5.74, 6) is 2.43. The maximum absolute atomic E-state index is 5.66. The van der Waals surface area contributed by atoms with Gasteiger partial charge in [0.1, 0.15) is 5.75 Å². The molecule has 0 spiro atoms. The van der Waals surface area contributed by atoms with E-state index in [9.17, 15) is 0 Å². The molecule has 0 bridgehead atoms. The van der Waals surface area contributed by atoms with E-state index in [1.807, 2.05) is 44.2 Å². The van der Waals surface area contributed by atoms with Gasteiger partial charge in [-0.2, -0.15) is 0 Å². The van der Waals surface area contributed by atoms with E-state index in [0.29, 0.717) is 6.54 Å². The van der Waals surface area contributed by atoms with Gasteiger partial charge in [-0.25, -0.2) is 0 Å². The number of nitrogens with zero attached hydrogens (tertiary/aromatic N) is 1. The molecular weight excluding hydrogens is 441 g/mol. The fourth-order valence-corrected chi connectivity index (χ4v) is 2.23. The van der Waals surface area contributed by atoms with Crippen molar-refractivity contribution in [2.24, 2.45) is 10.9 Å². The molecule has 0 radical (unpaired) electrons. The van der Waals surface area contributed by atoms with Crippen molar-refractivity contribution >= 4 is 35.6 Å². The molecule has 0 saturated heterocycles. The van der Waals surface area contributed by atoms with Crippen molar-refractivity contribution in [2.45, 2.75) is 39.2 Å². The summed E-state index contributed by atoms with van der Waals surface area (Å²) in [6.45, 7) is 10.9. The van der Waals surface area contributed by atoms with Gasteiger partial charge in [0.25, 0.3) is 0 Å². The zero-order valence-corrected chi connectivity index (χ0v) is 18.2. The Morgan fingerprint density at radius 1 is 1.31 bits per heavy atom. The summed E-state index contributed by atoms with van der Waals surface area (Å²) < 4.78 is 11.3. The van der Waals surface area contributed by atoms with E-state index < -0.39 is 0 Å². The summed E-state index contributed by atoms with van der Waals surface area (Å²) in [6, 6.07) is 7.89. The van der Waals surface area contributed by atoms with Crippen LogP contribution in [0.5, 0.6) is 5.75 Å². The molecule has 0 aromatic heterocycles. The number of aliphatic imine (C=N–C) groups is 1. The van der Waals surface area contributed by atoms with Crippen LogP contribution in [0.2, 0.25) is 0 Å². The van der Waals surface area contributed by atoms with E-state index in [1.165, 1.54) is 12.8 Å². The Balaban J connectivity index is 0.00000338. The largest absolute Gasteiger partial charge is 0.491 e. The molecule has 1 aliphatic rings. The van der Waals surface area contributed by atoms with Crippen LogP contribution in [-0.2, 0) is 4.74 Å². The minimum atomic E-state index is 0. The van der Waals surface area contributed by atoms with E-state index in [1.54, 1.807) is 0 Å². The van der Waals surface area contributed by atoms with Crippen LogP contribution in [0.15, 0.2) is 41.9 Å². The summed E-state index contributed by atoms with van der Waals surface area (Å²) >= 11 is 0. The molecule has 1 saturated carbocycles. The third kappa shape index (κ3) is 10.0. The molecule has 5 nitrogen and oxygen atoms in total. The quantitative estimate of drug-likeness (QED) is 0.164. The molecule has 146 valence electrons. The standard InChI is InChI=1S/C20H31N3O2.HI/c1-4-12-21-20(22-13-5-14-24-15-17-6-7-17)23-18-8-10-19(11-9-18)25-16(2)3;/h4,8-11,16-17H,1,5-7,12-15H2,2-3H3,(H2,21,22,23);1H. The second-order valence-electron chi connectivity index (χ2n) is 6.59. The molecule has 1 aromatic carbocycles. The summed E-state index contributed by atoms with van der Waals surface area (Å²) in [5.41, 5.74) is 0.969. The lowest BCUT2D eigenvalue weighted by molar-refractivity contribution is 0.123. The maximum Gasteiger partial charge on any atom is 0.196 e. The van der Waals surface area contributed by atoms with Crippen LogP contribution in [0.4, 0.5) is 5.69 Å². The zero-order valence-electron chi connectivity index (χ0n) is 15.9. The summed E-state index contributed by atoms with van der Waals surface area (Å²) in [6.07, 6.45) is 5.58. The Hall–Kier alpha value is -1.28. The highest BCUT2D eigenvalue weighted by Crippen LogP contribution is 2.28. The predicted octanol–water partition coefficient (Wildman–Crippen LogP) is 4.45. The molecule has 26 heavy (non-hydrogen) atoms. The van der Waals surface area contributed by atoms with Crippen molar-refractivity contribution in [2.75, 3.05) is 31.6 Å². The van der Waals surface area contributed by atoms with Crippen molar-refractivity contribution in [1.82, 2.24) is 5.32 Å². The van der Waals surface area contributed by atoms with E-state index in [0.717, 1.165) is 49.5 Å². The van der Waals surface area contributed by atoms with E-state index in [4.69, 9.17) is 9.47 Å². The molecule has 0 aliphatic heterocycles. The van der Waals surface area contributed by atoms with Gasteiger partial charge in [0.15, 0.2) is 5.96 Å². The Labute approximate surface area is 174 Å². The Kier molecular flexibility index (Phi) is 11.4. The third-order valence-electron chi connectivity index (χ3n) is 3.67. The Morgan fingerprint density at radius 3 is 2.65 bits per heavy atom. The molecule has 0 unspecified atom stereocenters. The number of benzene rings is 1. The van der Waals surface area contributed by atoms with Gasteiger partial charge in [-0.15, -0.1) is 30.6 Å². The van der Waals surface area contributed by atoms with Crippen molar-refractivity contribution in [3.05, 3.63) is 36.9 Å². The fourth-order valence-electron chi connectivity index (χ4n) is 2.23. The summed E-state index contributed by atoms with van der Waals surface area (Å²) in [5, 5.41) is 6.54. The van der Waals surface area contributed by atoms with Crippen molar-refractivity contribution in [3.8, 4) is 5.75 Å². The average molecular weight is 473 g/mol. The first-order chi connectivity index (χ1) is 12.2. The highest BCUT2D eigenvalue weighted by atomic mass is 127. The number of anilines is 1. The Morgan fingerprint density at radius 2 is 2.04 bits per heavy atom. The maximum atomic E-state index is 5.66. The van der Waals surface area contributed by atoms with Gasteiger partial charge in [0.05, 0.1) is 6.10 Å². The van der Waals surface area contributed by atoms with E-state index >= 15 is 0 Å². The molecule has 0 heterocycles. The average Bonchev–Trinajstić information content (AvgIpc) is 3.41.